The predicted molar refractivity (Wildman–Crippen MR) is 75.8 cm³/mol. The summed E-state index contributed by atoms with van der Waals surface area (Å²) in [6, 6.07) is 7.90. The predicted octanol–water partition coefficient (Wildman–Crippen LogP) is 2.91. The molecule has 1 amide bonds. The topological polar surface area (TPSA) is 41.1 Å². The molecule has 0 spiro atoms. The number of halogens is 1. The van der Waals surface area contributed by atoms with Gasteiger partial charge in [-0.15, -0.1) is 0 Å². The van der Waals surface area contributed by atoms with E-state index in [4.69, 9.17) is 11.6 Å². The fraction of sp³-hybridized carbons (Fsp3) is 0.500. The molecule has 0 aliphatic carbocycles. The van der Waals surface area contributed by atoms with Gasteiger partial charge in [0, 0.05) is 24.0 Å². The van der Waals surface area contributed by atoms with Crippen LogP contribution in [0.5, 0.6) is 0 Å². The largest absolute Gasteiger partial charge is 0.349 e. The number of hydrogen-bond acceptors (Lipinski definition) is 2. The molecule has 2 N–H and O–H groups in total. The van der Waals surface area contributed by atoms with Crippen molar-refractivity contribution < 1.29 is 4.79 Å². The summed E-state index contributed by atoms with van der Waals surface area (Å²) in [6.45, 7) is 6.75. The van der Waals surface area contributed by atoms with Crippen LogP contribution in [-0.2, 0) is 4.79 Å². The van der Waals surface area contributed by atoms with E-state index in [0.29, 0.717) is 24.0 Å². The Kier molecular flexibility index (Phi) is 6.16. The minimum absolute atomic E-state index is 0.0376. The summed E-state index contributed by atoms with van der Waals surface area (Å²) >= 11 is 6.08. The van der Waals surface area contributed by atoms with Gasteiger partial charge in [0.25, 0.3) is 0 Å². The molecule has 1 rings (SSSR count). The van der Waals surface area contributed by atoms with Crippen LogP contribution in [0.15, 0.2) is 24.3 Å². The molecule has 18 heavy (non-hydrogen) atoms. The van der Waals surface area contributed by atoms with E-state index in [9.17, 15) is 4.79 Å². The Bertz CT molecular complexity index is 393. The smallest absolute Gasteiger partial charge is 0.221 e. The van der Waals surface area contributed by atoms with Gasteiger partial charge in [-0.3, -0.25) is 4.79 Å². The molecule has 1 atom stereocenters. The normalized spacial score (nSPS) is 12.5. The van der Waals surface area contributed by atoms with Crippen LogP contribution in [-0.4, -0.2) is 18.5 Å². The molecule has 3 nitrogen and oxygen atoms in total. The average Bonchev–Trinajstić information content (AvgIpc) is 2.28. The van der Waals surface area contributed by atoms with Crippen LogP contribution >= 0.6 is 11.6 Å². The molecule has 0 saturated heterocycles. The van der Waals surface area contributed by atoms with Crippen molar-refractivity contribution in [3.05, 3.63) is 34.9 Å². The highest BCUT2D eigenvalue weighted by atomic mass is 35.5. The molecule has 1 aromatic carbocycles. The van der Waals surface area contributed by atoms with E-state index in [1.54, 1.807) is 0 Å². The van der Waals surface area contributed by atoms with Crippen LogP contribution in [0.3, 0.4) is 0 Å². The number of hydrogen-bond donors (Lipinski definition) is 2. The lowest BCUT2D eigenvalue weighted by Crippen LogP contribution is -2.32. The van der Waals surface area contributed by atoms with Crippen molar-refractivity contribution in [2.45, 2.75) is 39.3 Å². The fourth-order valence-corrected chi connectivity index (χ4v) is 1.99. The van der Waals surface area contributed by atoms with Crippen molar-refractivity contribution in [2.75, 3.05) is 6.54 Å². The Balaban J connectivity index is 2.42. The minimum atomic E-state index is -0.0646. The Morgan fingerprint density at radius 3 is 2.56 bits per heavy atom. The standard InChI is InChI=1S/C14H21ClN2O/c1-10(2)16-9-8-14(18)17-11(3)12-6-4-5-7-13(12)15/h4-7,10-11,16H,8-9H2,1-3H3,(H,17,18)/t11-/m0/s1. The number of carbonyl (C=O) groups is 1. The van der Waals surface area contributed by atoms with Crippen LogP contribution < -0.4 is 10.6 Å². The Morgan fingerprint density at radius 1 is 1.28 bits per heavy atom. The SMILES string of the molecule is CC(C)NCCC(=O)N[C@@H](C)c1ccccc1Cl. The van der Waals surface area contributed by atoms with Crippen molar-refractivity contribution in [1.29, 1.82) is 0 Å². The molecule has 100 valence electrons. The number of amides is 1. The molecule has 4 heteroatoms. The molecular formula is C14H21ClN2O. The lowest BCUT2D eigenvalue weighted by atomic mass is 10.1. The van der Waals surface area contributed by atoms with E-state index in [1.807, 2.05) is 31.2 Å². The van der Waals surface area contributed by atoms with Gasteiger partial charge >= 0.3 is 0 Å². The maximum Gasteiger partial charge on any atom is 0.221 e. The maximum absolute atomic E-state index is 11.7. The average molecular weight is 269 g/mol. The summed E-state index contributed by atoms with van der Waals surface area (Å²) in [6.07, 6.45) is 0.479. The van der Waals surface area contributed by atoms with E-state index >= 15 is 0 Å². The third-order valence-electron chi connectivity index (χ3n) is 2.65. The van der Waals surface area contributed by atoms with Gasteiger partial charge in [-0.2, -0.15) is 0 Å². The highest BCUT2D eigenvalue weighted by molar-refractivity contribution is 6.31. The summed E-state index contributed by atoms with van der Waals surface area (Å²) < 4.78 is 0. The molecule has 0 heterocycles. The molecule has 0 aliphatic heterocycles. The molecule has 0 fully saturated rings. The maximum atomic E-state index is 11.7. The first kappa shape index (κ1) is 15.0. The van der Waals surface area contributed by atoms with E-state index in [-0.39, 0.29) is 11.9 Å². The quantitative estimate of drug-likeness (QED) is 0.833. The second-order valence-corrected chi connectivity index (χ2v) is 5.08. The minimum Gasteiger partial charge on any atom is -0.349 e. The van der Waals surface area contributed by atoms with Crippen LogP contribution in [0.2, 0.25) is 5.02 Å². The van der Waals surface area contributed by atoms with Gasteiger partial charge in [-0.05, 0) is 18.6 Å². The van der Waals surface area contributed by atoms with Crippen molar-refractivity contribution in [2.24, 2.45) is 0 Å². The van der Waals surface area contributed by atoms with E-state index < -0.39 is 0 Å². The van der Waals surface area contributed by atoms with Crippen LogP contribution in [0.4, 0.5) is 0 Å². The zero-order valence-electron chi connectivity index (χ0n) is 11.2. The van der Waals surface area contributed by atoms with Crippen molar-refractivity contribution in [3.8, 4) is 0 Å². The fourth-order valence-electron chi connectivity index (χ4n) is 1.69. The first-order chi connectivity index (χ1) is 8.50. The highest BCUT2D eigenvalue weighted by Gasteiger charge is 2.11. The second kappa shape index (κ2) is 7.39. The zero-order valence-corrected chi connectivity index (χ0v) is 11.9. The molecule has 0 saturated carbocycles. The van der Waals surface area contributed by atoms with Crippen molar-refractivity contribution in [3.63, 3.8) is 0 Å². The van der Waals surface area contributed by atoms with Crippen molar-refractivity contribution in [1.82, 2.24) is 10.6 Å². The second-order valence-electron chi connectivity index (χ2n) is 4.67. The molecule has 0 unspecified atom stereocenters. The van der Waals surface area contributed by atoms with Gasteiger partial charge in [0.05, 0.1) is 6.04 Å². The first-order valence-electron chi connectivity index (χ1n) is 6.28. The van der Waals surface area contributed by atoms with Crippen LogP contribution in [0.1, 0.15) is 38.8 Å². The Labute approximate surface area is 114 Å². The van der Waals surface area contributed by atoms with E-state index in [1.165, 1.54) is 0 Å². The Hall–Kier alpha value is -1.06. The molecule has 1 aromatic rings. The molecule has 0 aromatic heterocycles. The molecule has 0 radical (unpaired) electrons. The molecule has 0 aliphatic rings. The highest BCUT2D eigenvalue weighted by Crippen LogP contribution is 2.21. The lowest BCUT2D eigenvalue weighted by Gasteiger charge is -2.16. The van der Waals surface area contributed by atoms with Gasteiger partial charge in [0.2, 0.25) is 5.91 Å². The van der Waals surface area contributed by atoms with Crippen molar-refractivity contribution >= 4 is 17.5 Å². The zero-order chi connectivity index (χ0) is 13.5. The van der Waals surface area contributed by atoms with Gasteiger partial charge < -0.3 is 10.6 Å². The van der Waals surface area contributed by atoms with Gasteiger partial charge in [0.15, 0.2) is 0 Å². The van der Waals surface area contributed by atoms with E-state index in [0.717, 1.165) is 5.56 Å². The summed E-state index contributed by atoms with van der Waals surface area (Å²) in [7, 11) is 0. The monoisotopic (exact) mass is 268 g/mol. The summed E-state index contributed by atoms with van der Waals surface area (Å²) in [5.41, 5.74) is 0.948. The summed E-state index contributed by atoms with van der Waals surface area (Å²) in [5.74, 6) is 0.0376. The third kappa shape index (κ3) is 5.07. The first-order valence-corrected chi connectivity index (χ1v) is 6.65. The number of carbonyl (C=O) groups excluding carboxylic acids is 1. The summed E-state index contributed by atoms with van der Waals surface area (Å²) in [5, 5.41) is 6.85. The van der Waals surface area contributed by atoms with Gasteiger partial charge in [-0.25, -0.2) is 0 Å². The number of nitrogens with one attached hydrogen (secondary N) is 2. The number of benzene rings is 1. The van der Waals surface area contributed by atoms with Crippen LogP contribution in [0, 0.1) is 0 Å². The Morgan fingerprint density at radius 2 is 1.94 bits per heavy atom. The van der Waals surface area contributed by atoms with Gasteiger partial charge in [-0.1, -0.05) is 43.6 Å². The summed E-state index contributed by atoms with van der Waals surface area (Å²) in [4.78, 5) is 11.7. The van der Waals surface area contributed by atoms with E-state index in [2.05, 4.69) is 24.5 Å². The van der Waals surface area contributed by atoms with Gasteiger partial charge in [0.1, 0.15) is 0 Å². The number of rotatable bonds is 6. The third-order valence-corrected chi connectivity index (χ3v) is 3.00. The van der Waals surface area contributed by atoms with Crippen LogP contribution in [0.25, 0.3) is 0 Å². The molecular weight excluding hydrogens is 248 g/mol. The molecule has 0 bridgehead atoms. The lowest BCUT2D eigenvalue weighted by molar-refractivity contribution is -0.121.